The number of nitro benzene ring substituents is 1. The van der Waals surface area contributed by atoms with Gasteiger partial charge in [-0.25, -0.2) is 4.79 Å². The van der Waals surface area contributed by atoms with Crippen molar-refractivity contribution < 1.29 is 19.2 Å². The van der Waals surface area contributed by atoms with E-state index in [0.717, 1.165) is 27.5 Å². The van der Waals surface area contributed by atoms with Crippen molar-refractivity contribution in [2.75, 3.05) is 0 Å². The van der Waals surface area contributed by atoms with E-state index < -0.39 is 10.9 Å². The minimum atomic E-state index is -0.799. The van der Waals surface area contributed by atoms with Crippen LogP contribution in [-0.2, 0) is 22.2 Å². The van der Waals surface area contributed by atoms with Gasteiger partial charge in [0.1, 0.15) is 18.1 Å². The van der Waals surface area contributed by atoms with E-state index in [1.165, 1.54) is 35.4 Å². The standard InChI is InChI=1S/C40H36ClNO5/c1-39(2,3)30-21-26(22-31(24-30)40(4,5)6)25-46-37-19-10-29-23-28(27-7-11-32(41)12-8-27)9-17-35(29)36(37)18-20-38(43)47-34-15-13-33(14-16-34)42(44)45/h7-17,19,21-24H,25H2,1-6H3. The Labute approximate surface area is 280 Å². The molecule has 0 aliphatic heterocycles. The van der Waals surface area contributed by atoms with Crippen molar-refractivity contribution in [1.82, 2.24) is 0 Å². The van der Waals surface area contributed by atoms with Gasteiger partial charge in [-0.1, -0.05) is 108 Å². The molecule has 0 spiro atoms. The Hall–Kier alpha value is -5.12. The summed E-state index contributed by atoms with van der Waals surface area (Å²) < 4.78 is 11.8. The molecule has 47 heavy (non-hydrogen) atoms. The Morgan fingerprint density at radius 1 is 0.787 bits per heavy atom. The summed E-state index contributed by atoms with van der Waals surface area (Å²) in [6.45, 7) is 13.5. The smallest absolute Gasteiger partial charge is 0.390 e. The molecule has 5 aromatic carbocycles. The molecule has 0 fully saturated rings. The van der Waals surface area contributed by atoms with E-state index >= 15 is 0 Å². The topological polar surface area (TPSA) is 78.7 Å². The lowest BCUT2D eigenvalue weighted by atomic mass is 9.79. The van der Waals surface area contributed by atoms with Crippen LogP contribution in [0.1, 0.15) is 63.8 Å². The number of halogens is 1. The van der Waals surface area contributed by atoms with Gasteiger partial charge in [0.05, 0.1) is 10.5 Å². The highest BCUT2D eigenvalue weighted by atomic mass is 35.5. The van der Waals surface area contributed by atoms with Crippen LogP contribution in [0.5, 0.6) is 11.5 Å². The molecule has 0 amide bonds. The van der Waals surface area contributed by atoms with Crippen molar-refractivity contribution in [3.63, 3.8) is 0 Å². The summed E-state index contributed by atoms with van der Waals surface area (Å²) in [5, 5.41) is 13.4. The fraction of sp³-hybridized carbons (Fsp3) is 0.225. The van der Waals surface area contributed by atoms with Gasteiger partial charge in [-0.15, -0.1) is 0 Å². The molecule has 0 atom stereocenters. The Balaban J connectivity index is 1.52. The Morgan fingerprint density at radius 2 is 1.40 bits per heavy atom. The third-order valence-corrected chi connectivity index (χ3v) is 8.08. The van der Waals surface area contributed by atoms with Crippen molar-refractivity contribution >= 4 is 34.0 Å². The first-order chi connectivity index (χ1) is 22.2. The zero-order valence-electron chi connectivity index (χ0n) is 27.3. The first-order valence-electron chi connectivity index (χ1n) is 15.3. The van der Waals surface area contributed by atoms with Gasteiger partial charge in [-0.2, -0.15) is 0 Å². The van der Waals surface area contributed by atoms with Crippen LogP contribution in [0.2, 0.25) is 5.02 Å². The fourth-order valence-electron chi connectivity index (χ4n) is 5.07. The quantitative estimate of drug-likeness (QED) is 0.0603. The summed E-state index contributed by atoms with van der Waals surface area (Å²) >= 11 is 6.10. The van der Waals surface area contributed by atoms with Crippen LogP contribution >= 0.6 is 11.6 Å². The minimum absolute atomic E-state index is 0.0403. The SMILES string of the molecule is CC(C)(C)c1cc(COc2ccc3cc(-c4ccc(Cl)cc4)ccc3c2C#CC(=O)Oc2ccc([N+](=O)[O-])cc2)cc(C(C)(C)C)c1. The van der Waals surface area contributed by atoms with Crippen molar-refractivity contribution in [2.24, 2.45) is 0 Å². The Kier molecular flexibility index (Phi) is 9.42. The van der Waals surface area contributed by atoms with Gasteiger partial charge in [0.2, 0.25) is 0 Å². The maximum Gasteiger partial charge on any atom is 0.390 e. The number of nitro groups is 1. The molecule has 6 nitrogen and oxygen atoms in total. The third-order valence-electron chi connectivity index (χ3n) is 7.83. The van der Waals surface area contributed by atoms with Crippen LogP contribution in [-0.4, -0.2) is 10.9 Å². The number of non-ortho nitro benzene ring substituents is 1. The molecular formula is C40H36ClNO5. The highest BCUT2D eigenvalue weighted by Crippen LogP contribution is 2.34. The van der Waals surface area contributed by atoms with E-state index in [1.807, 2.05) is 48.5 Å². The number of benzene rings is 5. The molecule has 5 rings (SSSR count). The lowest BCUT2D eigenvalue weighted by molar-refractivity contribution is -0.384. The molecule has 0 N–H and O–H groups in total. The van der Waals surface area contributed by atoms with E-state index in [0.29, 0.717) is 22.9 Å². The number of hydrogen-bond donors (Lipinski definition) is 0. The zero-order valence-corrected chi connectivity index (χ0v) is 28.1. The molecule has 0 unspecified atom stereocenters. The second-order valence-electron chi connectivity index (χ2n) is 13.5. The van der Waals surface area contributed by atoms with Crippen LogP contribution in [0.25, 0.3) is 21.9 Å². The number of carbonyl (C=O) groups is 1. The predicted molar refractivity (Wildman–Crippen MR) is 188 cm³/mol. The van der Waals surface area contributed by atoms with Crippen LogP contribution in [0.4, 0.5) is 5.69 Å². The van der Waals surface area contributed by atoms with E-state index in [9.17, 15) is 14.9 Å². The molecule has 0 aromatic heterocycles. The molecular weight excluding hydrogens is 610 g/mol. The molecule has 0 saturated heterocycles. The first kappa shape index (κ1) is 33.2. The van der Waals surface area contributed by atoms with Gasteiger partial charge in [0.15, 0.2) is 0 Å². The number of hydrogen-bond acceptors (Lipinski definition) is 5. The van der Waals surface area contributed by atoms with E-state index in [2.05, 4.69) is 77.6 Å². The number of ether oxygens (including phenoxy) is 2. The van der Waals surface area contributed by atoms with Crippen molar-refractivity contribution in [1.29, 1.82) is 0 Å². The van der Waals surface area contributed by atoms with Gasteiger partial charge >= 0.3 is 5.97 Å². The summed E-state index contributed by atoms with van der Waals surface area (Å²) in [6.07, 6.45) is 0. The molecule has 5 aromatic rings. The Bertz CT molecular complexity index is 1990. The van der Waals surface area contributed by atoms with Gasteiger partial charge < -0.3 is 9.47 Å². The van der Waals surface area contributed by atoms with Gasteiger partial charge in [0.25, 0.3) is 5.69 Å². The normalized spacial score (nSPS) is 11.5. The number of carbonyl (C=O) groups excluding carboxylic acids is 1. The van der Waals surface area contributed by atoms with E-state index in [1.54, 1.807) is 0 Å². The van der Waals surface area contributed by atoms with Gasteiger partial charge in [0, 0.05) is 28.5 Å². The number of fused-ring (bicyclic) bond motifs is 1. The lowest BCUT2D eigenvalue weighted by Gasteiger charge is -2.26. The highest BCUT2D eigenvalue weighted by Gasteiger charge is 2.21. The number of esters is 1. The molecule has 0 aliphatic carbocycles. The average molecular weight is 646 g/mol. The second kappa shape index (κ2) is 13.3. The molecule has 0 bridgehead atoms. The van der Waals surface area contributed by atoms with Crippen molar-refractivity contribution in [3.05, 3.63) is 134 Å². The highest BCUT2D eigenvalue weighted by molar-refractivity contribution is 6.30. The molecule has 238 valence electrons. The first-order valence-corrected chi connectivity index (χ1v) is 15.6. The van der Waals surface area contributed by atoms with E-state index in [4.69, 9.17) is 21.1 Å². The molecule has 0 aliphatic rings. The molecule has 0 saturated carbocycles. The van der Waals surface area contributed by atoms with Gasteiger partial charge in [-0.05, 0) is 80.4 Å². The summed E-state index contributed by atoms with van der Waals surface area (Å²) in [7, 11) is 0. The summed E-state index contributed by atoms with van der Waals surface area (Å²) in [5.41, 5.74) is 5.89. The summed E-state index contributed by atoms with van der Waals surface area (Å²) in [5.74, 6) is 5.48. The van der Waals surface area contributed by atoms with Crippen LogP contribution in [0.3, 0.4) is 0 Å². The largest absolute Gasteiger partial charge is 0.488 e. The maximum absolute atomic E-state index is 12.8. The van der Waals surface area contributed by atoms with Crippen LogP contribution in [0.15, 0.2) is 97.1 Å². The predicted octanol–water partition coefficient (Wildman–Crippen LogP) is 10.2. The summed E-state index contributed by atoms with van der Waals surface area (Å²) in [4.78, 5) is 23.2. The lowest BCUT2D eigenvalue weighted by Crippen LogP contribution is -2.17. The monoisotopic (exact) mass is 645 g/mol. The molecule has 0 heterocycles. The number of nitrogens with zero attached hydrogens (tertiary/aromatic N) is 1. The van der Waals surface area contributed by atoms with Gasteiger partial charge in [-0.3, -0.25) is 10.1 Å². The van der Waals surface area contributed by atoms with E-state index in [-0.39, 0.29) is 22.3 Å². The van der Waals surface area contributed by atoms with Crippen LogP contribution < -0.4 is 9.47 Å². The van der Waals surface area contributed by atoms with Crippen molar-refractivity contribution in [2.45, 2.75) is 59.0 Å². The van der Waals surface area contributed by atoms with Crippen LogP contribution in [0, 0.1) is 22.0 Å². The third kappa shape index (κ3) is 8.19. The zero-order chi connectivity index (χ0) is 33.9. The average Bonchev–Trinajstić information content (AvgIpc) is 3.02. The van der Waals surface area contributed by atoms with Crippen molar-refractivity contribution in [3.8, 4) is 34.5 Å². The molecule has 7 heteroatoms. The number of rotatable bonds is 6. The summed E-state index contributed by atoms with van der Waals surface area (Å²) in [6, 6.07) is 29.4. The minimum Gasteiger partial charge on any atom is -0.488 e. The fourth-order valence-corrected chi connectivity index (χ4v) is 5.19. The second-order valence-corrected chi connectivity index (χ2v) is 13.9. The maximum atomic E-state index is 12.8. The Morgan fingerprint density at radius 3 is 2.00 bits per heavy atom. The molecule has 0 radical (unpaired) electrons.